The van der Waals surface area contributed by atoms with Crippen LogP contribution in [0.25, 0.3) is 0 Å². The number of hydrogen-bond acceptors (Lipinski definition) is 4. The molecule has 2 aliphatic rings. The number of ether oxygens (including phenoxy) is 1. The molecular weight excluding hydrogens is 292 g/mol. The zero-order valence-electron chi connectivity index (χ0n) is 12.1. The van der Waals surface area contributed by atoms with Crippen LogP contribution < -0.4 is 10.6 Å². The molecular formula is C14H23ClN4O2. The quantitative estimate of drug-likeness (QED) is 0.657. The number of rotatable bonds is 7. The first kappa shape index (κ1) is 16.3. The molecule has 118 valence electrons. The Morgan fingerprint density at radius 2 is 2.29 bits per heavy atom. The Hall–Kier alpha value is -1.11. The monoisotopic (exact) mass is 314 g/mol. The zero-order chi connectivity index (χ0) is 13.8. The van der Waals surface area contributed by atoms with Gasteiger partial charge in [-0.3, -0.25) is 9.89 Å². The smallest absolute Gasteiger partial charge is 0.272 e. The summed E-state index contributed by atoms with van der Waals surface area (Å²) in [7, 11) is 0. The second kappa shape index (κ2) is 7.77. The van der Waals surface area contributed by atoms with Crippen LogP contribution in [-0.2, 0) is 17.7 Å². The number of amides is 1. The number of hydrogen-bond donors (Lipinski definition) is 3. The SMILES string of the molecule is Cl.O=C(NCCCOCC1CC1)c1n[nH]c2c1CNCC2. The Balaban J connectivity index is 0.00000161. The van der Waals surface area contributed by atoms with Crippen LogP contribution in [0.2, 0.25) is 0 Å². The van der Waals surface area contributed by atoms with E-state index in [2.05, 4.69) is 20.8 Å². The number of nitrogens with zero attached hydrogens (tertiary/aromatic N) is 1. The molecule has 0 bridgehead atoms. The molecule has 1 aliphatic carbocycles. The van der Waals surface area contributed by atoms with Crippen molar-refractivity contribution in [3.05, 3.63) is 17.0 Å². The minimum absolute atomic E-state index is 0. The molecule has 1 amide bonds. The van der Waals surface area contributed by atoms with Crippen LogP contribution in [0.15, 0.2) is 0 Å². The van der Waals surface area contributed by atoms with Crippen molar-refractivity contribution >= 4 is 18.3 Å². The summed E-state index contributed by atoms with van der Waals surface area (Å²) in [5, 5.41) is 13.3. The molecule has 0 unspecified atom stereocenters. The van der Waals surface area contributed by atoms with Crippen molar-refractivity contribution in [1.29, 1.82) is 0 Å². The van der Waals surface area contributed by atoms with Crippen molar-refractivity contribution < 1.29 is 9.53 Å². The lowest BCUT2D eigenvalue weighted by molar-refractivity contribution is 0.0931. The van der Waals surface area contributed by atoms with E-state index in [0.29, 0.717) is 12.2 Å². The molecule has 6 nitrogen and oxygen atoms in total. The van der Waals surface area contributed by atoms with Crippen LogP contribution >= 0.6 is 12.4 Å². The van der Waals surface area contributed by atoms with Gasteiger partial charge in [0.15, 0.2) is 5.69 Å². The Kier molecular flexibility index (Phi) is 6.02. The summed E-state index contributed by atoms with van der Waals surface area (Å²) in [6.45, 7) is 3.90. The van der Waals surface area contributed by atoms with E-state index in [1.54, 1.807) is 0 Å². The van der Waals surface area contributed by atoms with Gasteiger partial charge in [0.1, 0.15) is 0 Å². The van der Waals surface area contributed by atoms with Crippen molar-refractivity contribution in [1.82, 2.24) is 20.8 Å². The lowest BCUT2D eigenvalue weighted by Gasteiger charge is -2.12. The second-order valence-corrected chi connectivity index (χ2v) is 5.58. The molecule has 0 atom stereocenters. The summed E-state index contributed by atoms with van der Waals surface area (Å²) in [4.78, 5) is 12.1. The van der Waals surface area contributed by atoms with Crippen molar-refractivity contribution in [3.8, 4) is 0 Å². The van der Waals surface area contributed by atoms with Gasteiger partial charge in [-0.2, -0.15) is 5.10 Å². The van der Waals surface area contributed by atoms with Crippen molar-refractivity contribution in [3.63, 3.8) is 0 Å². The van der Waals surface area contributed by atoms with E-state index in [1.807, 2.05) is 0 Å². The van der Waals surface area contributed by atoms with Crippen molar-refractivity contribution in [2.75, 3.05) is 26.3 Å². The third-order valence-electron chi connectivity index (χ3n) is 3.82. The largest absolute Gasteiger partial charge is 0.381 e. The summed E-state index contributed by atoms with van der Waals surface area (Å²) in [6, 6.07) is 0. The van der Waals surface area contributed by atoms with E-state index < -0.39 is 0 Å². The number of nitrogens with one attached hydrogen (secondary N) is 3. The molecule has 1 aliphatic heterocycles. The van der Waals surface area contributed by atoms with Crippen LogP contribution in [0.5, 0.6) is 0 Å². The van der Waals surface area contributed by atoms with Gasteiger partial charge in [0.2, 0.25) is 0 Å². The second-order valence-electron chi connectivity index (χ2n) is 5.58. The lowest BCUT2D eigenvalue weighted by Crippen LogP contribution is -2.29. The third-order valence-corrected chi connectivity index (χ3v) is 3.82. The Morgan fingerprint density at radius 3 is 3.10 bits per heavy atom. The predicted molar refractivity (Wildman–Crippen MR) is 81.7 cm³/mol. The number of fused-ring (bicyclic) bond motifs is 1. The maximum Gasteiger partial charge on any atom is 0.272 e. The van der Waals surface area contributed by atoms with Gasteiger partial charge in [0, 0.05) is 50.5 Å². The number of aromatic nitrogens is 2. The molecule has 0 saturated heterocycles. The van der Waals surface area contributed by atoms with Gasteiger partial charge in [0.25, 0.3) is 5.91 Å². The standard InChI is InChI=1S/C14H22N4O2.ClH/c19-14(16-5-1-7-20-9-10-2-3-10)13-11-8-15-6-4-12(11)17-18-13;/h10,15H,1-9H2,(H,16,19)(H,17,18);1H. The first-order valence-electron chi connectivity index (χ1n) is 7.47. The minimum Gasteiger partial charge on any atom is -0.381 e. The fourth-order valence-corrected chi connectivity index (χ4v) is 2.41. The van der Waals surface area contributed by atoms with Gasteiger partial charge in [-0.05, 0) is 25.2 Å². The number of carbonyl (C=O) groups excluding carboxylic acids is 1. The van der Waals surface area contributed by atoms with Gasteiger partial charge >= 0.3 is 0 Å². The molecule has 7 heteroatoms. The molecule has 0 spiro atoms. The highest BCUT2D eigenvalue weighted by Crippen LogP contribution is 2.28. The topological polar surface area (TPSA) is 79.0 Å². The van der Waals surface area contributed by atoms with E-state index in [0.717, 1.165) is 56.3 Å². The Labute approximate surface area is 130 Å². The number of carbonyl (C=O) groups is 1. The highest BCUT2D eigenvalue weighted by molar-refractivity contribution is 5.94. The molecule has 3 rings (SSSR count). The van der Waals surface area contributed by atoms with Gasteiger partial charge < -0.3 is 15.4 Å². The third kappa shape index (κ3) is 4.43. The van der Waals surface area contributed by atoms with E-state index in [-0.39, 0.29) is 18.3 Å². The number of halogens is 1. The maximum absolute atomic E-state index is 12.1. The maximum atomic E-state index is 12.1. The average molecular weight is 315 g/mol. The van der Waals surface area contributed by atoms with Crippen LogP contribution in [0.3, 0.4) is 0 Å². The molecule has 1 saturated carbocycles. The van der Waals surface area contributed by atoms with Crippen molar-refractivity contribution in [2.24, 2.45) is 5.92 Å². The minimum atomic E-state index is -0.0895. The molecule has 2 heterocycles. The molecule has 3 N–H and O–H groups in total. The van der Waals surface area contributed by atoms with Crippen LogP contribution in [0.1, 0.15) is 41.0 Å². The highest BCUT2D eigenvalue weighted by Gasteiger charge is 2.22. The number of H-pyrrole nitrogens is 1. The molecule has 0 radical (unpaired) electrons. The Bertz CT molecular complexity index is 474. The van der Waals surface area contributed by atoms with Gasteiger partial charge in [-0.15, -0.1) is 12.4 Å². The molecule has 1 aromatic heterocycles. The molecule has 1 aromatic rings. The first-order valence-corrected chi connectivity index (χ1v) is 7.47. The van der Waals surface area contributed by atoms with Gasteiger partial charge in [-0.1, -0.05) is 0 Å². The fraction of sp³-hybridized carbons (Fsp3) is 0.714. The zero-order valence-corrected chi connectivity index (χ0v) is 12.9. The summed E-state index contributed by atoms with van der Waals surface area (Å²) in [6.07, 6.45) is 4.39. The summed E-state index contributed by atoms with van der Waals surface area (Å²) in [5.74, 6) is 0.709. The normalized spacial score (nSPS) is 17.0. The van der Waals surface area contributed by atoms with Crippen LogP contribution in [0, 0.1) is 5.92 Å². The summed E-state index contributed by atoms with van der Waals surface area (Å²) < 4.78 is 5.54. The summed E-state index contributed by atoms with van der Waals surface area (Å²) >= 11 is 0. The number of aromatic amines is 1. The van der Waals surface area contributed by atoms with E-state index >= 15 is 0 Å². The molecule has 1 fully saturated rings. The molecule has 21 heavy (non-hydrogen) atoms. The average Bonchev–Trinajstić information content (AvgIpc) is 3.19. The summed E-state index contributed by atoms with van der Waals surface area (Å²) in [5.41, 5.74) is 2.63. The van der Waals surface area contributed by atoms with Crippen LogP contribution in [0.4, 0.5) is 0 Å². The predicted octanol–water partition coefficient (Wildman–Crippen LogP) is 1.02. The Morgan fingerprint density at radius 1 is 1.43 bits per heavy atom. The van der Waals surface area contributed by atoms with E-state index in [1.165, 1.54) is 12.8 Å². The van der Waals surface area contributed by atoms with Crippen LogP contribution in [-0.4, -0.2) is 42.4 Å². The highest BCUT2D eigenvalue weighted by atomic mass is 35.5. The lowest BCUT2D eigenvalue weighted by atomic mass is 10.1. The van der Waals surface area contributed by atoms with E-state index in [9.17, 15) is 4.79 Å². The molecule has 0 aromatic carbocycles. The first-order chi connectivity index (χ1) is 9.84. The van der Waals surface area contributed by atoms with Crippen molar-refractivity contribution in [2.45, 2.75) is 32.2 Å². The van der Waals surface area contributed by atoms with Gasteiger partial charge in [0.05, 0.1) is 0 Å². The van der Waals surface area contributed by atoms with Gasteiger partial charge in [-0.25, -0.2) is 0 Å². The van der Waals surface area contributed by atoms with E-state index in [4.69, 9.17) is 4.74 Å². The fourth-order valence-electron chi connectivity index (χ4n) is 2.41.